The van der Waals surface area contributed by atoms with Gasteiger partial charge in [0, 0.05) is 17.1 Å². The number of aromatic nitrogens is 2. The number of rotatable bonds is 1. The van der Waals surface area contributed by atoms with Gasteiger partial charge in [-0.25, -0.2) is 4.98 Å². The van der Waals surface area contributed by atoms with Gasteiger partial charge in [-0.15, -0.1) is 0 Å². The largest absolute Gasteiger partial charge is 0.416 e. The molecule has 1 aliphatic rings. The van der Waals surface area contributed by atoms with E-state index in [9.17, 15) is 23.1 Å². The summed E-state index contributed by atoms with van der Waals surface area (Å²) in [6.45, 7) is 0. The molecular formula is C14H10BF3N2O2S. The first-order valence-electron chi connectivity index (χ1n) is 6.59. The lowest BCUT2D eigenvalue weighted by Gasteiger charge is -2.29. The molecule has 1 atom stereocenters. The van der Waals surface area contributed by atoms with E-state index in [0.717, 1.165) is 12.1 Å². The van der Waals surface area contributed by atoms with Crippen molar-refractivity contribution in [3.8, 4) is 11.4 Å². The predicted octanol–water partition coefficient (Wildman–Crippen LogP) is 2.02. The van der Waals surface area contributed by atoms with Crippen LogP contribution in [0.25, 0.3) is 11.4 Å². The molecule has 2 radical (unpaired) electrons. The number of hydrogen-bond acceptors (Lipinski definition) is 4. The Hall–Kier alpha value is -1.74. The highest BCUT2D eigenvalue weighted by Crippen LogP contribution is 2.33. The third-order valence-electron chi connectivity index (χ3n) is 3.48. The second-order valence-electron chi connectivity index (χ2n) is 5.23. The Kier molecular flexibility index (Phi) is 3.80. The van der Waals surface area contributed by atoms with Gasteiger partial charge in [0.25, 0.3) is 5.56 Å². The number of thioether (sulfide) groups is 1. The fourth-order valence-corrected chi connectivity index (χ4v) is 3.34. The second-order valence-corrected chi connectivity index (χ2v) is 6.22. The van der Waals surface area contributed by atoms with E-state index in [-0.39, 0.29) is 22.8 Å². The van der Waals surface area contributed by atoms with Crippen molar-refractivity contribution in [2.45, 2.75) is 17.4 Å². The molecule has 1 aliphatic heterocycles. The Balaban J connectivity index is 2.08. The predicted molar refractivity (Wildman–Crippen MR) is 81.1 cm³/mol. The van der Waals surface area contributed by atoms with Crippen molar-refractivity contribution in [3.05, 3.63) is 51.4 Å². The highest BCUT2D eigenvalue weighted by Gasteiger charge is 2.33. The van der Waals surface area contributed by atoms with Crippen LogP contribution >= 0.6 is 11.8 Å². The Morgan fingerprint density at radius 3 is 2.57 bits per heavy atom. The Labute approximate surface area is 134 Å². The lowest BCUT2D eigenvalue weighted by atomic mass is 9.78. The smallest absolute Gasteiger partial charge is 0.393 e. The minimum Gasteiger partial charge on any atom is -0.393 e. The molecular weight excluding hydrogens is 328 g/mol. The first-order valence-corrected chi connectivity index (χ1v) is 7.74. The van der Waals surface area contributed by atoms with Gasteiger partial charge in [0.05, 0.1) is 22.3 Å². The molecule has 0 saturated heterocycles. The molecule has 2 aromatic rings. The zero-order chi connectivity index (χ0) is 16.8. The number of nitrogens with zero attached hydrogens (tertiary/aromatic N) is 1. The molecule has 1 aromatic heterocycles. The van der Waals surface area contributed by atoms with Crippen molar-refractivity contribution in [2.75, 3.05) is 5.75 Å². The number of benzene rings is 1. The summed E-state index contributed by atoms with van der Waals surface area (Å²) in [5, 5.41) is 10.2. The molecule has 118 valence electrons. The van der Waals surface area contributed by atoms with Crippen LogP contribution < -0.4 is 5.56 Å². The average Bonchev–Trinajstić information content (AvgIpc) is 2.47. The molecule has 2 heterocycles. The fourth-order valence-electron chi connectivity index (χ4n) is 2.32. The number of aliphatic hydroxyl groups is 1. The molecule has 9 heteroatoms. The first kappa shape index (κ1) is 16.1. The molecule has 0 aliphatic carbocycles. The first-order chi connectivity index (χ1) is 10.7. The van der Waals surface area contributed by atoms with Crippen molar-refractivity contribution >= 4 is 19.6 Å². The van der Waals surface area contributed by atoms with Crippen LogP contribution in [0, 0.1) is 0 Å². The van der Waals surface area contributed by atoms with Gasteiger partial charge in [-0.1, -0.05) is 12.1 Å². The van der Waals surface area contributed by atoms with Gasteiger partial charge in [0.15, 0.2) is 0 Å². The van der Waals surface area contributed by atoms with Crippen LogP contribution in [0.5, 0.6) is 0 Å². The zero-order valence-corrected chi connectivity index (χ0v) is 12.5. The summed E-state index contributed by atoms with van der Waals surface area (Å²) in [7, 11) is 5.76. The van der Waals surface area contributed by atoms with Crippen molar-refractivity contribution in [1.29, 1.82) is 0 Å². The molecule has 3 rings (SSSR count). The Morgan fingerprint density at radius 2 is 1.96 bits per heavy atom. The van der Waals surface area contributed by atoms with Crippen LogP contribution in [0.1, 0.15) is 16.8 Å². The van der Waals surface area contributed by atoms with Gasteiger partial charge in [-0.3, -0.25) is 4.79 Å². The van der Waals surface area contributed by atoms with Gasteiger partial charge in [0.1, 0.15) is 13.7 Å². The van der Waals surface area contributed by atoms with Crippen LogP contribution in [-0.4, -0.2) is 28.7 Å². The summed E-state index contributed by atoms with van der Waals surface area (Å²) < 4.78 is 37.8. The van der Waals surface area contributed by atoms with E-state index < -0.39 is 22.8 Å². The maximum atomic E-state index is 12.6. The topological polar surface area (TPSA) is 66.0 Å². The summed E-state index contributed by atoms with van der Waals surface area (Å²) in [6.07, 6.45) is -4.44. The molecule has 0 bridgehead atoms. The molecule has 4 nitrogen and oxygen atoms in total. The lowest BCUT2D eigenvalue weighted by Crippen LogP contribution is -2.38. The zero-order valence-electron chi connectivity index (χ0n) is 11.6. The van der Waals surface area contributed by atoms with E-state index in [1.54, 1.807) is 0 Å². The van der Waals surface area contributed by atoms with Gasteiger partial charge < -0.3 is 10.1 Å². The number of alkyl halides is 3. The molecule has 0 fully saturated rings. The average molecular weight is 338 g/mol. The van der Waals surface area contributed by atoms with Crippen LogP contribution in [0.2, 0.25) is 0 Å². The number of H-pyrrole nitrogens is 1. The van der Waals surface area contributed by atoms with E-state index in [0.29, 0.717) is 11.3 Å². The standard InChI is InChI=1S/C14H10BF3N2O2S/c15-13(22)6-23-5-9-10(13)19-11(20-12(9)21)7-1-3-8(4-2-7)14(16,17)18/h1-4,22H,5-6H2,(H,19,20,21). The van der Waals surface area contributed by atoms with Gasteiger partial charge >= 0.3 is 6.18 Å². The summed E-state index contributed by atoms with van der Waals surface area (Å²) in [5.74, 6) is 0.617. The normalized spacial score (nSPS) is 21.0. The highest BCUT2D eigenvalue weighted by molar-refractivity contribution is 7.98. The van der Waals surface area contributed by atoms with Crippen molar-refractivity contribution in [2.24, 2.45) is 0 Å². The van der Waals surface area contributed by atoms with Crippen molar-refractivity contribution in [3.63, 3.8) is 0 Å². The van der Waals surface area contributed by atoms with Crippen molar-refractivity contribution < 1.29 is 18.3 Å². The number of halogens is 3. The third-order valence-corrected chi connectivity index (χ3v) is 4.62. The summed E-state index contributed by atoms with van der Waals surface area (Å²) >= 11 is 1.31. The SMILES string of the molecule is [B]C1(O)CSCc2c1nc(-c1ccc(C(F)(F)F)cc1)[nH]c2=O. The van der Waals surface area contributed by atoms with Crippen LogP contribution in [0.3, 0.4) is 0 Å². The molecule has 1 aromatic carbocycles. The van der Waals surface area contributed by atoms with Crippen molar-refractivity contribution in [1.82, 2.24) is 9.97 Å². The maximum absolute atomic E-state index is 12.6. The van der Waals surface area contributed by atoms with Crippen LogP contribution in [-0.2, 0) is 17.4 Å². The van der Waals surface area contributed by atoms with Gasteiger partial charge in [-0.2, -0.15) is 24.9 Å². The molecule has 2 N–H and O–H groups in total. The van der Waals surface area contributed by atoms with E-state index in [1.807, 2.05) is 0 Å². The number of nitrogens with one attached hydrogen (secondary N) is 1. The third kappa shape index (κ3) is 3.03. The minimum absolute atomic E-state index is 0.0647. The van der Waals surface area contributed by atoms with E-state index in [4.69, 9.17) is 7.85 Å². The number of fused-ring (bicyclic) bond motifs is 1. The number of hydrogen-bond donors (Lipinski definition) is 2. The summed E-state index contributed by atoms with van der Waals surface area (Å²) in [4.78, 5) is 18.8. The molecule has 1 unspecified atom stereocenters. The molecule has 0 saturated carbocycles. The Morgan fingerprint density at radius 1 is 1.30 bits per heavy atom. The van der Waals surface area contributed by atoms with E-state index in [2.05, 4.69) is 9.97 Å². The lowest BCUT2D eigenvalue weighted by molar-refractivity contribution is -0.137. The maximum Gasteiger partial charge on any atom is 0.416 e. The second kappa shape index (κ2) is 5.42. The molecule has 0 amide bonds. The summed E-state index contributed by atoms with van der Waals surface area (Å²) in [6, 6.07) is 4.22. The van der Waals surface area contributed by atoms with Gasteiger partial charge in [-0.05, 0) is 12.1 Å². The van der Waals surface area contributed by atoms with Gasteiger partial charge in [0.2, 0.25) is 0 Å². The quantitative estimate of drug-likeness (QED) is 0.781. The highest BCUT2D eigenvalue weighted by atomic mass is 32.2. The van der Waals surface area contributed by atoms with Crippen LogP contribution in [0.4, 0.5) is 13.2 Å². The minimum atomic E-state index is -4.44. The summed E-state index contributed by atoms with van der Waals surface area (Å²) in [5.41, 5.74) is -2.36. The fraction of sp³-hybridized carbons (Fsp3) is 0.286. The van der Waals surface area contributed by atoms with E-state index in [1.165, 1.54) is 23.9 Å². The molecule has 0 spiro atoms. The van der Waals surface area contributed by atoms with Crippen LogP contribution in [0.15, 0.2) is 29.1 Å². The Bertz CT molecular complexity index is 803. The number of aromatic amines is 1. The van der Waals surface area contributed by atoms with E-state index >= 15 is 0 Å². The monoisotopic (exact) mass is 338 g/mol. The molecule has 23 heavy (non-hydrogen) atoms.